The molecule has 0 spiro atoms. The van der Waals surface area contributed by atoms with Crippen molar-refractivity contribution in [2.45, 2.75) is 25.3 Å². The molecule has 3 rings (SSSR count). The smallest absolute Gasteiger partial charge is 0.304 e. The van der Waals surface area contributed by atoms with Gasteiger partial charge >= 0.3 is 5.97 Å². The maximum atomic E-state index is 13.3. The highest BCUT2D eigenvalue weighted by atomic mass is 19.1. The topological polar surface area (TPSA) is 43.8 Å². The minimum Gasteiger partial charge on any atom is -0.481 e. The number of piperazine rings is 1. The van der Waals surface area contributed by atoms with Crippen LogP contribution in [0, 0.1) is 5.82 Å². The number of aliphatic carboxylic acids is 1. The molecule has 0 radical (unpaired) electrons. The molecule has 1 saturated heterocycles. The van der Waals surface area contributed by atoms with Crippen LogP contribution in [0.4, 0.5) is 4.39 Å². The number of hydrogen-bond acceptors (Lipinski definition) is 3. The Balaban J connectivity index is 1.58. The van der Waals surface area contributed by atoms with Gasteiger partial charge in [0.2, 0.25) is 0 Å². The molecule has 114 valence electrons. The van der Waals surface area contributed by atoms with Crippen molar-refractivity contribution >= 4 is 5.97 Å². The van der Waals surface area contributed by atoms with E-state index in [-0.39, 0.29) is 12.2 Å². The van der Waals surface area contributed by atoms with Gasteiger partial charge in [-0.1, -0.05) is 6.07 Å². The first kappa shape index (κ1) is 14.5. The Bertz CT molecular complexity index is 527. The number of carboxylic acids is 1. The Kier molecular flexibility index (Phi) is 4.22. The molecule has 0 amide bonds. The molecule has 1 N–H and O–H groups in total. The molecule has 1 aromatic rings. The van der Waals surface area contributed by atoms with E-state index in [4.69, 9.17) is 5.11 Å². The summed E-state index contributed by atoms with van der Waals surface area (Å²) >= 11 is 0. The fourth-order valence-electron chi connectivity index (χ4n) is 3.50. The lowest BCUT2D eigenvalue weighted by molar-refractivity contribution is -0.137. The Labute approximate surface area is 124 Å². The predicted octanol–water partition coefficient (Wildman–Crippen LogP) is 1.91. The average Bonchev–Trinajstić information content (AvgIpc) is 2.88. The van der Waals surface area contributed by atoms with Crippen molar-refractivity contribution in [3.63, 3.8) is 0 Å². The van der Waals surface area contributed by atoms with Gasteiger partial charge in [0.05, 0.1) is 6.42 Å². The van der Waals surface area contributed by atoms with Crippen LogP contribution in [0.15, 0.2) is 18.2 Å². The molecule has 1 aliphatic heterocycles. The zero-order valence-corrected chi connectivity index (χ0v) is 12.1. The first-order chi connectivity index (χ1) is 10.1. The number of aryl methyl sites for hydroxylation is 1. The summed E-state index contributed by atoms with van der Waals surface area (Å²) in [6, 6.07) is 5.56. The predicted molar refractivity (Wildman–Crippen MR) is 77.7 cm³/mol. The Morgan fingerprint density at radius 1 is 1.29 bits per heavy atom. The summed E-state index contributed by atoms with van der Waals surface area (Å²) in [5.74, 6) is -0.878. The number of carboxylic acid groups (broad SMARTS) is 1. The summed E-state index contributed by atoms with van der Waals surface area (Å²) in [7, 11) is 0. The Hall–Kier alpha value is -1.46. The number of nitrogens with zero attached hydrogens (tertiary/aromatic N) is 2. The summed E-state index contributed by atoms with van der Waals surface area (Å²) in [5, 5.41) is 8.73. The van der Waals surface area contributed by atoms with Crippen LogP contribution in [0.2, 0.25) is 0 Å². The van der Waals surface area contributed by atoms with Crippen LogP contribution in [-0.4, -0.2) is 53.6 Å². The zero-order chi connectivity index (χ0) is 14.8. The molecule has 2 aliphatic rings. The molecule has 1 aromatic carbocycles. The van der Waals surface area contributed by atoms with Crippen molar-refractivity contribution in [2.75, 3.05) is 32.7 Å². The van der Waals surface area contributed by atoms with E-state index in [2.05, 4.69) is 9.80 Å². The monoisotopic (exact) mass is 292 g/mol. The van der Waals surface area contributed by atoms with E-state index in [0.717, 1.165) is 44.6 Å². The molecular weight excluding hydrogens is 271 g/mol. The second-order valence-corrected chi connectivity index (χ2v) is 5.92. The van der Waals surface area contributed by atoms with Crippen LogP contribution in [0.25, 0.3) is 0 Å². The number of rotatable bonds is 4. The molecule has 21 heavy (non-hydrogen) atoms. The van der Waals surface area contributed by atoms with Crippen LogP contribution >= 0.6 is 0 Å². The van der Waals surface area contributed by atoms with E-state index < -0.39 is 5.97 Å². The number of halogens is 1. The van der Waals surface area contributed by atoms with Gasteiger partial charge in [0, 0.05) is 38.8 Å². The van der Waals surface area contributed by atoms with E-state index >= 15 is 0 Å². The molecule has 0 aromatic heterocycles. The highest BCUT2D eigenvalue weighted by Crippen LogP contribution is 2.36. The average molecular weight is 292 g/mol. The van der Waals surface area contributed by atoms with Crippen molar-refractivity contribution in [1.82, 2.24) is 9.80 Å². The maximum Gasteiger partial charge on any atom is 0.304 e. The summed E-state index contributed by atoms with van der Waals surface area (Å²) < 4.78 is 13.3. The van der Waals surface area contributed by atoms with Gasteiger partial charge in [0.15, 0.2) is 0 Å². The maximum absolute atomic E-state index is 13.3. The van der Waals surface area contributed by atoms with Crippen molar-refractivity contribution < 1.29 is 14.3 Å². The van der Waals surface area contributed by atoms with Crippen LogP contribution in [0.1, 0.15) is 30.0 Å². The first-order valence-corrected chi connectivity index (χ1v) is 7.60. The summed E-state index contributed by atoms with van der Waals surface area (Å²) in [5.41, 5.74) is 2.42. The Morgan fingerprint density at radius 3 is 2.76 bits per heavy atom. The third-order valence-corrected chi connectivity index (χ3v) is 4.64. The molecule has 5 heteroatoms. The summed E-state index contributed by atoms with van der Waals surface area (Å²) in [6.45, 7) is 4.39. The minimum atomic E-state index is -0.732. The summed E-state index contributed by atoms with van der Waals surface area (Å²) in [4.78, 5) is 15.3. The molecule has 0 saturated carbocycles. The first-order valence-electron chi connectivity index (χ1n) is 7.60. The number of benzene rings is 1. The van der Waals surface area contributed by atoms with Gasteiger partial charge in [-0.2, -0.15) is 0 Å². The molecular formula is C16H21FN2O2. The molecule has 0 bridgehead atoms. The molecule has 1 atom stereocenters. The lowest BCUT2D eigenvalue weighted by Gasteiger charge is -2.38. The lowest BCUT2D eigenvalue weighted by atomic mass is 10.1. The van der Waals surface area contributed by atoms with Gasteiger partial charge in [0.1, 0.15) is 5.82 Å². The van der Waals surface area contributed by atoms with Gasteiger partial charge in [-0.15, -0.1) is 0 Å². The molecule has 1 heterocycles. The Morgan fingerprint density at radius 2 is 2.05 bits per heavy atom. The van der Waals surface area contributed by atoms with E-state index in [1.807, 2.05) is 6.07 Å². The van der Waals surface area contributed by atoms with Crippen LogP contribution < -0.4 is 0 Å². The normalized spacial score (nSPS) is 23.2. The molecule has 4 nitrogen and oxygen atoms in total. The highest BCUT2D eigenvalue weighted by molar-refractivity contribution is 5.66. The number of carbonyl (C=O) groups is 1. The zero-order valence-electron chi connectivity index (χ0n) is 12.1. The van der Waals surface area contributed by atoms with Crippen molar-refractivity contribution in [2.24, 2.45) is 0 Å². The van der Waals surface area contributed by atoms with Crippen molar-refractivity contribution in [1.29, 1.82) is 0 Å². The second kappa shape index (κ2) is 6.12. The fourth-order valence-corrected chi connectivity index (χ4v) is 3.50. The van der Waals surface area contributed by atoms with E-state index in [1.54, 1.807) is 12.1 Å². The van der Waals surface area contributed by atoms with E-state index in [0.29, 0.717) is 12.6 Å². The van der Waals surface area contributed by atoms with Gasteiger partial charge in [-0.05, 0) is 36.1 Å². The van der Waals surface area contributed by atoms with E-state index in [1.165, 1.54) is 5.56 Å². The van der Waals surface area contributed by atoms with Crippen molar-refractivity contribution in [3.8, 4) is 0 Å². The van der Waals surface area contributed by atoms with Crippen LogP contribution in [-0.2, 0) is 11.2 Å². The van der Waals surface area contributed by atoms with Crippen molar-refractivity contribution in [3.05, 3.63) is 35.1 Å². The largest absolute Gasteiger partial charge is 0.481 e. The third-order valence-electron chi connectivity index (χ3n) is 4.64. The summed E-state index contributed by atoms with van der Waals surface area (Å²) in [6.07, 6.45) is 2.23. The minimum absolute atomic E-state index is 0.145. The van der Waals surface area contributed by atoms with E-state index in [9.17, 15) is 9.18 Å². The standard InChI is InChI=1S/C16H21FN2O2/c17-13-2-3-14-12(11-13)1-4-15(14)19-9-7-18(8-10-19)6-5-16(20)21/h2-3,11,15H,1,4-10H2,(H,20,21). The second-order valence-electron chi connectivity index (χ2n) is 5.92. The highest BCUT2D eigenvalue weighted by Gasteiger charge is 2.30. The van der Waals surface area contributed by atoms with Crippen LogP contribution in [0.3, 0.4) is 0 Å². The van der Waals surface area contributed by atoms with Gasteiger partial charge in [-0.25, -0.2) is 4.39 Å². The van der Waals surface area contributed by atoms with Crippen LogP contribution in [0.5, 0.6) is 0 Å². The molecule has 1 unspecified atom stereocenters. The fraction of sp³-hybridized carbons (Fsp3) is 0.562. The lowest BCUT2D eigenvalue weighted by Crippen LogP contribution is -2.47. The van der Waals surface area contributed by atoms with Gasteiger partial charge in [-0.3, -0.25) is 9.69 Å². The molecule has 1 aliphatic carbocycles. The number of fused-ring (bicyclic) bond motifs is 1. The number of hydrogen-bond donors (Lipinski definition) is 1. The van der Waals surface area contributed by atoms with Gasteiger partial charge < -0.3 is 10.0 Å². The van der Waals surface area contributed by atoms with Gasteiger partial charge in [0.25, 0.3) is 0 Å². The quantitative estimate of drug-likeness (QED) is 0.920. The third kappa shape index (κ3) is 3.24. The molecule has 1 fully saturated rings. The SMILES string of the molecule is O=C(O)CCN1CCN(C2CCc3cc(F)ccc32)CC1.